The number of carbonyl (C=O) groups excluding carboxylic acids is 1. The first-order valence-corrected chi connectivity index (χ1v) is 7.73. The Hall–Kier alpha value is -1.10. The molecular weight excluding hydrogens is 256 g/mol. The Balaban J connectivity index is 1.77. The van der Waals surface area contributed by atoms with E-state index in [2.05, 4.69) is 24.1 Å². The number of nitrogens with one attached hydrogen (secondary N) is 1. The minimum Gasteiger partial charge on any atom is -0.481 e. The molecule has 114 valence electrons. The van der Waals surface area contributed by atoms with E-state index in [-0.39, 0.29) is 11.8 Å². The van der Waals surface area contributed by atoms with E-state index >= 15 is 0 Å². The molecule has 0 aromatic carbocycles. The van der Waals surface area contributed by atoms with Gasteiger partial charge in [0.15, 0.2) is 0 Å². The van der Waals surface area contributed by atoms with Crippen LogP contribution >= 0.6 is 0 Å². The van der Waals surface area contributed by atoms with Crippen molar-refractivity contribution in [2.24, 2.45) is 17.8 Å². The third kappa shape index (κ3) is 3.51. The molecule has 20 heavy (non-hydrogen) atoms. The van der Waals surface area contributed by atoms with Gasteiger partial charge in [-0.3, -0.25) is 9.59 Å². The minimum absolute atomic E-state index is 0.0575. The van der Waals surface area contributed by atoms with Crippen LogP contribution in [0.5, 0.6) is 0 Å². The molecule has 0 aromatic heterocycles. The first-order chi connectivity index (χ1) is 9.49. The highest BCUT2D eigenvalue weighted by molar-refractivity contribution is 5.85. The van der Waals surface area contributed by atoms with Gasteiger partial charge in [0.05, 0.1) is 11.8 Å². The van der Waals surface area contributed by atoms with Crippen LogP contribution in [0.1, 0.15) is 39.5 Å². The van der Waals surface area contributed by atoms with Gasteiger partial charge in [-0.25, -0.2) is 0 Å². The summed E-state index contributed by atoms with van der Waals surface area (Å²) >= 11 is 0. The molecule has 1 saturated heterocycles. The second-order valence-electron chi connectivity index (χ2n) is 6.47. The van der Waals surface area contributed by atoms with E-state index in [0.717, 1.165) is 25.9 Å². The summed E-state index contributed by atoms with van der Waals surface area (Å²) in [5.74, 6) is -1.18. The number of aliphatic carboxylic acids is 1. The van der Waals surface area contributed by atoms with Crippen molar-refractivity contribution in [3.05, 3.63) is 0 Å². The Bertz CT molecular complexity index is 370. The summed E-state index contributed by atoms with van der Waals surface area (Å²) < 4.78 is 0. The van der Waals surface area contributed by atoms with Gasteiger partial charge in [-0.15, -0.1) is 0 Å². The maximum absolute atomic E-state index is 12.1. The summed E-state index contributed by atoms with van der Waals surface area (Å²) in [7, 11) is 0. The fraction of sp³-hybridized carbons (Fsp3) is 0.867. The molecule has 1 amide bonds. The largest absolute Gasteiger partial charge is 0.481 e. The van der Waals surface area contributed by atoms with Gasteiger partial charge in [0.2, 0.25) is 5.91 Å². The molecule has 2 fully saturated rings. The number of carboxylic acids is 1. The molecule has 3 atom stereocenters. The lowest BCUT2D eigenvalue weighted by atomic mass is 9.95. The smallest absolute Gasteiger partial charge is 0.307 e. The number of nitrogens with zero attached hydrogens (tertiary/aromatic N) is 1. The summed E-state index contributed by atoms with van der Waals surface area (Å²) in [6.45, 7) is 7.20. The van der Waals surface area contributed by atoms with Gasteiger partial charge in [-0.1, -0.05) is 6.42 Å². The fourth-order valence-electron chi connectivity index (χ4n) is 3.44. The average Bonchev–Trinajstić information content (AvgIpc) is 3.04. The number of likely N-dealkylation sites (tertiary alicyclic amines) is 1. The van der Waals surface area contributed by atoms with Crippen LogP contribution in [0.25, 0.3) is 0 Å². The number of carbonyl (C=O) groups is 2. The molecule has 2 N–H and O–H groups in total. The van der Waals surface area contributed by atoms with Crippen molar-refractivity contribution in [3.8, 4) is 0 Å². The van der Waals surface area contributed by atoms with Crippen molar-refractivity contribution < 1.29 is 14.7 Å². The third-order valence-corrected chi connectivity index (χ3v) is 4.78. The molecular formula is C15H26N2O3. The highest BCUT2D eigenvalue weighted by Gasteiger charge is 2.37. The van der Waals surface area contributed by atoms with E-state index in [4.69, 9.17) is 5.11 Å². The molecule has 2 aliphatic rings. The SMILES string of the molecule is CC(C)N1CCC(CNC(=O)[C@@H]2CCC[C@@H]2C(=O)O)C1. The third-order valence-electron chi connectivity index (χ3n) is 4.78. The molecule has 1 heterocycles. The van der Waals surface area contributed by atoms with Crippen molar-refractivity contribution in [1.82, 2.24) is 10.2 Å². The summed E-state index contributed by atoms with van der Waals surface area (Å²) in [4.78, 5) is 25.7. The lowest BCUT2D eigenvalue weighted by Crippen LogP contribution is -2.38. The van der Waals surface area contributed by atoms with Crippen LogP contribution in [0.15, 0.2) is 0 Å². The zero-order valence-corrected chi connectivity index (χ0v) is 12.5. The maximum Gasteiger partial charge on any atom is 0.307 e. The van der Waals surface area contributed by atoms with Crippen LogP contribution in [-0.4, -0.2) is 47.6 Å². The van der Waals surface area contributed by atoms with Crippen molar-refractivity contribution in [2.45, 2.75) is 45.6 Å². The van der Waals surface area contributed by atoms with Crippen LogP contribution in [0.2, 0.25) is 0 Å². The molecule has 1 aliphatic heterocycles. The maximum atomic E-state index is 12.1. The number of hydrogen-bond donors (Lipinski definition) is 2. The average molecular weight is 282 g/mol. The van der Waals surface area contributed by atoms with Crippen LogP contribution in [0.3, 0.4) is 0 Å². The zero-order chi connectivity index (χ0) is 14.7. The summed E-state index contributed by atoms with van der Waals surface area (Å²) in [5.41, 5.74) is 0. The summed E-state index contributed by atoms with van der Waals surface area (Å²) in [6, 6.07) is 0.557. The van der Waals surface area contributed by atoms with Gasteiger partial charge in [0, 0.05) is 19.1 Å². The first-order valence-electron chi connectivity index (χ1n) is 7.73. The topological polar surface area (TPSA) is 69.6 Å². The van der Waals surface area contributed by atoms with Gasteiger partial charge in [-0.2, -0.15) is 0 Å². The molecule has 2 rings (SSSR count). The van der Waals surface area contributed by atoms with Crippen molar-refractivity contribution in [1.29, 1.82) is 0 Å². The van der Waals surface area contributed by atoms with Gasteiger partial charge in [0.1, 0.15) is 0 Å². The van der Waals surface area contributed by atoms with Gasteiger partial charge in [-0.05, 0) is 45.6 Å². The molecule has 0 spiro atoms. The molecule has 1 saturated carbocycles. The normalized spacial score (nSPS) is 30.9. The van der Waals surface area contributed by atoms with Gasteiger partial charge < -0.3 is 15.3 Å². The Kier molecular flexibility index (Phi) is 5.02. The van der Waals surface area contributed by atoms with E-state index in [0.29, 0.717) is 31.3 Å². The van der Waals surface area contributed by atoms with E-state index in [1.807, 2.05) is 0 Å². The lowest BCUT2D eigenvalue weighted by molar-refractivity contribution is -0.146. The van der Waals surface area contributed by atoms with E-state index < -0.39 is 11.9 Å². The van der Waals surface area contributed by atoms with E-state index in [1.165, 1.54) is 0 Å². The van der Waals surface area contributed by atoms with Crippen molar-refractivity contribution in [3.63, 3.8) is 0 Å². The van der Waals surface area contributed by atoms with Gasteiger partial charge in [0.25, 0.3) is 0 Å². The van der Waals surface area contributed by atoms with E-state index in [9.17, 15) is 9.59 Å². The molecule has 0 bridgehead atoms. The molecule has 1 unspecified atom stereocenters. The van der Waals surface area contributed by atoms with Crippen LogP contribution < -0.4 is 5.32 Å². The minimum atomic E-state index is -0.825. The molecule has 0 radical (unpaired) electrons. The van der Waals surface area contributed by atoms with Crippen molar-refractivity contribution >= 4 is 11.9 Å². The number of rotatable bonds is 5. The summed E-state index contributed by atoms with van der Waals surface area (Å²) in [5, 5.41) is 12.1. The number of amides is 1. The van der Waals surface area contributed by atoms with Crippen LogP contribution in [0, 0.1) is 17.8 Å². The van der Waals surface area contributed by atoms with E-state index in [1.54, 1.807) is 0 Å². The Morgan fingerprint density at radius 3 is 2.55 bits per heavy atom. The molecule has 1 aliphatic carbocycles. The molecule has 0 aromatic rings. The highest BCUT2D eigenvalue weighted by atomic mass is 16.4. The second kappa shape index (κ2) is 6.57. The predicted octanol–water partition coefficient (Wildman–Crippen LogP) is 1.33. The molecule has 5 heteroatoms. The first kappa shape index (κ1) is 15.3. The standard InChI is InChI=1S/C15H26N2O3/c1-10(2)17-7-6-11(9-17)8-16-14(18)12-4-3-5-13(12)15(19)20/h10-13H,3-9H2,1-2H3,(H,16,18)(H,19,20)/t11?,12-,13+/m1/s1. The summed E-state index contributed by atoms with van der Waals surface area (Å²) in [6.07, 6.45) is 3.31. The highest BCUT2D eigenvalue weighted by Crippen LogP contribution is 2.32. The van der Waals surface area contributed by atoms with Crippen LogP contribution in [-0.2, 0) is 9.59 Å². The lowest BCUT2D eigenvalue weighted by Gasteiger charge is -2.21. The fourth-order valence-corrected chi connectivity index (χ4v) is 3.44. The van der Waals surface area contributed by atoms with Gasteiger partial charge >= 0.3 is 5.97 Å². The predicted molar refractivity (Wildman–Crippen MR) is 76.3 cm³/mol. The quantitative estimate of drug-likeness (QED) is 0.798. The van der Waals surface area contributed by atoms with Crippen molar-refractivity contribution in [2.75, 3.05) is 19.6 Å². The number of carboxylic acid groups (broad SMARTS) is 1. The van der Waals surface area contributed by atoms with Crippen LogP contribution in [0.4, 0.5) is 0 Å². The Morgan fingerprint density at radius 2 is 1.95 bits per heavy atom. The Morgan fingerprint density at radius 1 is 1.25 bits per heavy atom. The second-order valence-corrected chi connectivity index (χ2v) is 6.47. The number of hydrogen-bond acceptors (Lipinski definition) is 3. The zero-order valence-electron chi connectivity index (χ0n) is 12.5. The molecule has 5 nitrogen and oxygen atoms in total. The Labute approximate surface area is 120 Å². The monoisotopic (exact) mass is 282 g/mol.